The number of hydrazine groups is 1. The molecule has 0 aliphatic heterocycles. The normalized spacial score (nSPS) is 10.4. The Morgan fingerprint density at radius 1 is 1.15 bits per heavy atom. The Balaban J connectivity index is 2.24. The van der Waals surface area contributed by atoms with Gasteiger partial charge in [-0.15, -0.1) is 0 Å². The fourth-order valence-corrected chi connectivity index (χ4v) is 1.76. The van der Waals surface area contributed by atoms with Crippen molar-refractivity contribution in [2.75, 3.05) is 17.4 Å². The summed E-state index contributed by atoms with van der Waals surface area (Å²) in [5.74, 6) is 2.79. The van der Waals surface area contributed by atoms with E-state index in [4.69, 9.17) is 5.84 Å². The van der Waals surface area contributed by atoms with Crippen molar-refractivity contribution in [1.29, 1.82) is 0 Å². The molecule has 0 aliphatic carbocycles. The highest BCUT2D eigenvalue weighted by molar-refractivity contribution is 5.48. The van der Waals surface area contributed by atoms with Gasteiger partial charge in [-0.25, -0.2) is 24.0 Å². The molecule has 2 rings (SSSR count). The molecule has 0 amide bonds. The third-order valence-corrected chi connectivity index (χ3v) is 2.74. The monoisotopic (exact) mass is 282 g/mol. The SMILES string of the molecule is CN(Cc1ccc(F)cc1)c1nc(NN)c(F)cc1F. The topological polar surface area (TPSA) is 54.2 Å². The third kappa shape index (κ3) is 3.00. The number of benzene rings is 1. The minimum Gasteiger partial charge on any atom is -0.353 e. The number of nitrogens with one attached hydrogen (secondary N) is 1. The van der Waals surface area contributed by atoms with Gasteiger partial charge in [0.1, 0.15) is 5.82 Å². The highest BCUT2D eigenvalue weighted by Crippen LogP contribution is 2.22. The molecule has 0 bridgehead atoms. The van der Waals surface area contributed by atoms with Crippen LogP contribution in [0.4, 0.5) is 24.8 Å². The average molecular weight is 282 g/mol. The lowest BCUT2D eigenvalue weighted by Crippen LogP contribution is -2.21. The van der Waals surface area contributed by atoms with Crippen LogP contribution in [-0.4, -0.2) is 12.0 Å². The molecule has 3 N–H and O–H groups in total. The summed E-state index contributed by atoms with van der Waals surface area (Å²) in [6, 6.07) is 6.48. The molecule has 0 saturated carbocycles. The van der Waals surface area contributed by atoms with E-state index in [0.29, 0.717) is 12.6 Å². The van der Waals surface area contributed by atoms with Crippen molar-refractivity contribution < 1.29 is 13.2 Å². The van der Waals surface area contributed by atoms with Crippen molar-refractivity contribution in [3.8, 4) is 0 Å². The summed E-state index contributed by atoms with van der Waals surface area (Å²) >= 11 is 0. The Kier molecular flexibility index (Phi) is 4.09. The number of nitrogen functional groups attached to an aromatic ring is 1. The van der Waals surface area contributed by atoms with Crippen molar-refractivity contribution in [2.45, 2.75) is 6.54 Å². The quantitative estimate of drug-likeness (QED) is 0.668. The zero-order chi connectivity index (χ0) is 14.7. The Hall–Kier alpha value is -2.28. The van der Waals surface area contributed by atoms with Crippen LogP contribution in [0.5, 0.6) is 0 Å². The number of nitrogens with two attached hydrogens (primary N) is 1. The first kappa shape index (κ1) is 14.1. The maximum absolute atomic E-state index is 13.7. The highest BCUT2D eigenvalue weighted by atomic mass is 19.1. The summed E-state index contributed by atoms with van der Waals surface area (Å²) in [6.07, 6.45) is 0. The van der Waals surface area contributed by atoms with Crippen molar-refractivity contribution in [3.05, 3.63) is 53.3 Å². The van der Waals surface area contributed by atoms with Gasteiger partial charge in [-0.2, -0.15) is 0 Å². The Labute approximate surface area is 114 Å². The van der Waals surface area contributed by atoms with Gasteiger partial charge in [-0.05, 0) is 17.7 Å². The van der Waals surface area contributed by atoms with Crippen LogP contribution in [0, 0.1) is 17.5 Å². The number of nitrogens with zero attached hydrogens (tertiary/aromatic N) is 2. The number of aromatic nitrogens is 1. The van der Waals surface area contributed by atoms with E-state index in [1.165, 1.54) is 17.0 Å². The zero-order valence-corrected chi connectivity index (χ0v) is 10.7. The minimum absolute atomic E-state index is 0.0522. The lowest BCUT2D eigenvalue weighted by Gasteiger charge is -2.19. The van der Waals surface area contributed by atoms with E-state index in [9.17, 15) is 13.2 Å². The summed E-state index contributed by atoms with van der Waals surface area (Å²) in [4.78, 5) is 5.24. The molecule has 0 radical (unpaired) electrons. The Morgan fingerprint density at radius 3 is 2.40 bits per heavy atom. The van der Waals surface area contributed by atoms with Crippen LogP contribution >= 0.6 is 0 Å². The maximum atomic E-state index is 13.7. The number of anilines is 2. The van der Waals surface area contributed by atoms with Gasteiger partial charge in [0.25, 0.3) is 0 Å². The van der Waals surface area contributed by atoms with Crippen molar-refractivity contribution in [1.82, 2.24) is 4.98 Å². The number of halogens is 3. The predicted octanol–water partition coefficient (Wildman–Crippen LogP) is 2.42. The van der Waals surface area contributed by atoms with E-state index < -0.39 is 11.6 Å². The smallest absolute Gasteiger partial charge is 0.178 e. The highest BCUT2D eigenvalue weighted by Gasteiger charge is 2.15. The van der Waals surface area contributed by atoms with Gasteiger partial charge in [0.05, 0.1) is 0 Å². The van der Waals surface area contributed by atoms with E-state index in [-0.39, 0.29) is 17.5 Å². The zero-order valence-electron chi connectivity index (χ0n) is 10.7. The lowest BCUT2D eigenvalue weighted by molar-refractivity contribution is 0.572. The van der Waals surface area contributed by atoms with Crippen LogP contribution in [0.25, 0.3) is 0 Å². The molecule has 0 saturated heterocycles. The molecule has 20 heavy (non-hydrogen) atoms. The standard InChI is InChI=1S/C13H13F3N4/c1-20(7-8-2-4-9(14)5-3-8)13-11(16)6-10(15)12(18-13)19-17/h2-6H,7,17H2,1H3,(H,18,19). The Bertz CT molecular complexity index is 601. The summed E-state index contributed by atoms with van der Waals surface area (Å²) in [7, 11) is 1.59. The van der Waals surface area contributed by atoms with Crippen LogP contribution in [0.1, 0.15) is 5.56 Å². The molecule has 1 heterocycles. The first-order valence-corrected chi connectivity index (χ1v) is 5.79. The molecule has 4 nitrogen and oxygen atoms in total. The van der Waals surface area contributed by atoms with Crippen LogP contribution in [0.3, 0.4) is 0 Å². The molecule has 0 unspecified atom stereocenters. The molecule has 1 aromatic heterocycles. The average Bonchev–Trinajstić information content (AvgIpc) is 2.41. The molecule has 7 heteroatoms. The lowest BCUT2D eigenvalue weighted by atomic mass is 10.2. The number of hydrogen-bond acceptors (Lipinski definition) is 4. The number of hydrogen-bond donors (Lipinski definition) is 2. The fourth-order valence-electron chi connectivity index (χ4n) is 1.76. The number of pyridine rings is 1. The van der Waals surface area contributed by atoms with Gasteiger partial charge in [0, 0.05) is 19.7 Å². The summed E-state index contributed by atoms with van der Waals surface area (Å²) in [5, 5.41) is 0. The second-order valence-corrected chi connectivity index (χ2v) is 4.25. The van der Waals surface area contributed by atoms with Gasteiger partial charge in [-0.1, -0.05) is 12.1 Å². The van der Waals surface area contributed by atoms with Crippen molar-refractivity contribution in [2.24, 2.45) is 5.84 Å². The second kappa shape index (κ2) is 5.79. The molecule has 106 valence electrons. The molecule has 0 spiro atoms. The first-order chi connectivity index (χ1) is 9.51. The van der Waals surface area contributed by atoms with E-state index in [1.807, 2.05) is 0 Å². The molecular weight excluding hydrogens is 269 g/mol. The van der Waals surface area contributed by atoms with E-state index in [0.717, 1.165) is 5.56 Å². The fraction of sp³-hybridized carbons (Fsp3) is 0.154. The van der Waals surface area contributed by atoms with E-state index in [2.05, 4.69) is 10.4 Å². The van der Waals surface area contributed by atoms with Gasteiger partial charge in [-0.3, -0.25) is 0 Å². The van der Waals surface area contributed by atoms with Gasteiger partial charge in [0.15, 0.2) is 23.3 Å². The number of rotatable bonds is 4. The second-order valence-electron chi connectivity index (χ2n) is 4.25. The van der Waals surface area contributed by atoms with Crippen LogP contribution in [0.15, 0.2) is 30.3 Å². The van der Waals surface area contributed by atoms with Crippen molar-refractivity contribution in [3.63, 3.8) is 0 Å². The molecule has 1 aromatic carbocycles. The van der Waals surface area contributed by atoms with Gasteiger partial charge >= 0.3 is 0 Å². The molecular formula is C13H13F3N4. The predicted molar refractivity (Wildman–Crippen MR) is 70.5 cm³/mol. The molecule has 0 fully saturated rings. The van der Waals surface area contributed by atoms with E-state index in [1.54, 1.807) is 19.2 Å². The van der Waals surface area contributed by atoms with Crippen LogP contribution in [0.2, 0.25) is 0 Å². The maximum Gasteiger partial charge on any atom is 0.178 e. The summed E-state index contributed by atoms with van der Waals surface area (Å²) in [6.45, 7) is 0.292. The Morgan fingerprint density at radius 2 is 1.80 bits per heavy atom. The minimum atomic E-state index is -0.871. The molecule has 0 aliphatic rings. The van der Waals surface area contributed by atoms with Gasteiger partial charge in [0.2, 0.25) is 0 Å². The van der Waals surface area contributed by atoms with Crippen LogP contribution in [-0.2, 0) is 6.54 Å². The summed E-state index contributed by atoms with van der Waals surface area (Å²) in [5.41, 5.74) is 2.83. The van der Waals surface area contributed by atoms with Crippen molar-refractivity contribution >= 4 is 11.6 Å². The van der Waals surface area contributed by atoms with Crippen LogP contribution < -0.4 is 16.2 Å². The summed E-state index contributed by atoms with van der Waals surface area (Å²) < 4.78 is 39.8. The molecule has 0 atom stereocenters. The molecule has 2 aromatic rings. The van der Waals surface area contributed by atoms with Gasteiger partial charge < -0.3 is 10.3 Å². The first-order valence-electron chi connectivity index (χ1n) is 5.79. The largest absolute Gasteiger partial charge is 0.353 e. The third-order valence-electron chi connectivity index (χ3n) is 2.74. The van der Waals surface area contributed by atoms with E-state index >= 15 is 0 Å².